The van der Waals surface area contributed by atoms with Gasteiger partial charge in [0, 0.05) is 30.5 Å². The first-order valence-electron chi connectivity index (χ1n) is 7.84. The van der Waals surface area contributed by atoms with E-state index in [1.54, 1.807) is 45.2 Å². The van der Waals surface area contributed by atoms with Crippen LogP contribution in [0.25, 0.3) is 0 Å². The lowest BCUT2D eigenvalue weighted by Crippen LogP contribution is -2.29. The lowest BCUT2D eigenvalue weighted by molar-refractivity contribution is -0.385. The number of nitrogens with zero attached hydrogens (tertiary/aromatic N) is 2. The largest absolute Gasteiger partial charge is 0.335 e. The van der Waals surface area contributed by atoms with Crippen molar-refractivity contribution in [1.29, 1.82) is 0 Å². The minimum Gasteiger partial charge on any atom is -0.335 e. The molecule has 0 bridgehead atoms. The molecule has 7 nitrogen and oxygen atoms in total. The SMILES string of the molecule is Cc1ccc(C(=O)N(C)[C@H](C)c2ccc(S(C)(=O)=O)cc2)cc1[N+](=O)[O-]. The van der Waals surface area contributed by atoms with E-state index in [4.69, 9.17) is 0 Å². The van der Waals surface area contributed by atoms with Gasteiger partial charge < -0.3 is 4.90 Å². The summed E-state index contributed by atoms with van der Waals surface area (Å²) in [7, 11) is -1.69. The van der Waals surface area contributed by atoms with Gasteiger partial charge in [-0.1, -0.05) is 18.2 Å². The quantitative estimate of drug-likeness (QED) is 0.590. The molecule has 26 heavy (non-hydrogen) atoms. The third kappa shape index (κ3) is 4.08. The maximum atomic E-state index is 12.7. The van der Waals surface area contributed by atoms with Crippen LogP contribution >= 0.6 is 0 Å². The van der Waals surface area contributed by atoms with Gasteiger partial charge >= 0.3 is 0 Å². The van der Waals surface area contributed by atoms with E-state index in [1.165, 1.54) is 23.1 Å². The molecule has 0 spiro atoms. The fourth-order valence-corrected chi connectivity index (χ4v) is 3.17. The lowest BCUT2D eigenvalue weighted by Gasteiger charge is -2.25. The molecule has 0 aliphatic heterocycles. The van der Waals surface area contributed by atoms with E-state index < -0.39 is 14.8 Å². The molecule has 2 aromatic carbocycles. The van der Waals surface area contributed by atoms with Crippen molar-refractivity contribution in [1.82, 2.24) is 4.90 Å². The number of nitro benzene ring substituents is 1. The second kappa shape index (κ2) is 7.25. The zero-order valence-electron chi connectivity index (χ0n) is 15.0. The molecule has 138 valence electrons. The summed E-state index contributed by atoms with van der Waals surface area (Å²) >= 11 is 0. The number of nitro groups is 1. The molecule has 0 aromatic heterocycles. The summed E-state index contributed by atoms with van der Waals surface area (Å²) in [6, 6.07) is 10.3. The Morgan fingerprint density at radius 2 is 1.73 bits per heavy atom. The highest BCUT2D eigenvalue weighted by Gasteiger charge is 2.22. The van der Waals surface area contributed by atoms with Crippen LogP contribution in [0.3, 0.4) is 0 Å². The van der Waals surface area contributed by atoms with Gasteiger partial charge in [-0.25, -0.2) is 8.42 Å². The van der Waals surface area contributed by atoms with Crippen LogP contribution < -0.4 is 0 Å². The fourth-order valence-electron chi connectivity index (χ4n) is 2.54. The Morgan fingerprint density at radius 3 is 2.23 bits per heavy atom. The van der Waals surface area contributed by atoms with Gasteiger partial charge in [0.15, 0.2) is 9.84 Å². The van der Waals surface area contributed by atoms with Gasteiger partial charge in [0.25, 0.3) is 11.6 Å². The molecule has 1 atom stereocenters. The molecule has 0 fully saturated rings. The van der Waals surface area contributed by atoms with E-state index in [0.717, 1.165) is 11.8 Å². The van der Waals surface area contributed by atoms with Gasteiger partial charge in [-0.3, -0.25) is 14.9 Å². The number of carbonyl (C=O) groups excluding carboxylic acids is 1. The first kappa shape index (κ1) is 19.6. The Morgan fingerprint density at radius 1 is 1.15 bits per heavy atom. The second-order valence-corrected chi connectivity index (χ2v) is 8.21. The Bertz CT molecular complexity index is 952. The van der Waals surface area contributed by atoms with Crippen molar-refractivity contribution in [3.8, 4) is 0 Å². The molecule has 0 aliphatic rings. The number of rotatable bonds is 5. The third-order valence-corrected chi connectivity index (χ3v) is 5.47. The zero-order valence-corrected chi connectivity index (χ0v) is 15.8. The molecule has 0 N–H and O–H groups in total. The number of amides is 1. The van der Waals surface area contributed by atoms with Gasteiger partial charge in [0.2, 0.25) is 0 Å². The Hall–Kier alpha value is -2.74. The minimum atomic E-state index is -3.29. The first-order chi connectivity index (χ1) is 12.0. The van der Waals surface area contributed by atoms with Crippen LogP contribution in [0.1, 0.15) is 34.5 Å². The van der Waals surface area contributed by atoms with Crippen molar-refractivity contribution < 1.29 is 18.1 Å². The maximum absolute atomic E-state index is 12.7. The second-order valence-electron chi connectivity index (χ2n) is 6.19. The van der Waals surface area contributed by atoms with Gasteiger partial charge in [-0.15, -0.1) is 0 Å². The van der Waals surface area contributed by atoms with E-state index in [1.807, 2.05) is 0 Å². The normalized spacial score (nSPS) is 12.5. The predicted molar refractivity (Wildman–Crippen MR) is 97.9 cm³/mol. The van der Waals surface area contributed by atoms with Crippen molar-refractivity contribution in [3.63, 3.8) is 0 Å². The van der Waals surface area contributed by atoms with E-state index in [9.17, 15) is 23.3 Å². The molecule has 0 saturated carbocycles. The summed E-state index contributed by atoms with van der Waals surface area (Å²) < 4.78 is 23.1. The van der Waals surface area contributed by atoms with Crippen molar-refractivity contribution in [2.24, 2.45) is 0 Å². The number of carbonyl (C=O) groups is 1. The van der Waals surface area contributed by atoms with Crippen molar-refractivity contribution >= 4 is 21.4 Å². The van der Waals surface area contributed by atoms with Crippen LogP contribution in [-0.2, 0) is 9.84 Å². The summed E-state index contributed by atoms with van der Waals surface area (Å²) in [6.45, 7) is 3.41. The Balaban J connectivity index is 2.27. The van der Waals surface area contributed by atoms with Crippen LogP contribution in [0.5, 0.6) is 0 Å². The average molecular weight is 376 g/mol. The molecule has 1 amide bonds. The van der Waals surface area contributed by atoms with Crippen LogP contribution in [0.15, 0.2) is 47.4 Å². The van der Waals surface area contributed by atoms with E-state index >= 15 is 0 Å². The molecule has 0 saturated heterocycles. The van der Waals surface area contributed by atoms with Gasteiger partial charge in [0.1, 0.15) is 0 Å². The number of sulfone groups is 1. The van der Waals surface area contributed by atoms with Crippen LogP contribution in [-0.4, -0.2) is 37.5 Å². The third-order valence-electron chi connectivity index (χ3n) is 4.34. The highest BCUT2D eigenvalue weighted by atomic mass is 32.2. The van der Waals surface area contributed by atoms with E-state index in [-0.39, 0.29) is 28.1 Å². The number of benzene rings is 2. The van der Waals surface area contributed by atoms with E-state index in [2.05, 4.69) is 0 Å². The van der Waals surface area contributed by atoms with Crippen molar-refractivity contribution in [3.05, 3.63) is 69.3 Å². The van der Waals surface area contributed by atoms with Gasteiger partial charge in [-0.05, 0) is 37.6 Å². The van der Waals surface area contributed by atoms with Crippen LogP contribution in [0, 0.1) is 17.0 Å². The molecule has 8 heteroatoms. The Kier molecular flexibility index (Phi) is 5.46. The number of hydrogen-bond donors (Lipinski definition) is 0. The molecule has 2 aromatic rings. The van der Waals surface area contributed by atoms with Crippen molar-refractivity contribution in [2.45, 2.75) is 24.8 Å². The smallest absolute Gasteiger partial charge is 0.273 e. The summed E-state index contributed by atoms with van der Waals surface area (Å²) in [4.78, 5) is 24.9. The topological polar surface area (TPSA) is 97.6 Å². The average Bonchev–Trinajstić information content (AvgIpc) is 2.59. The molecule has 0 unspecified atom stereocenters. The van der Waals surface area contributed by atoms with E-state index in [0.29, 0.717) is 5.56 Å². The van der Waals surface area contributed by atoms with Crippen LogP contribution in [0.2, 0.25) is 0 Å². The minimum absolute atomic E-state index is 0.102. The highest BCUT2D eigenvalue weighted by Crippen LogP contribution is 2.25. The summed E-state index contributed by atoms with van der Waals surface area (Å²) in [6.07, 6.45) is 1.13. The van der Waals surface area contributed by atoms with Crippen molar-refractivity contribution in [2.75, 3.05) is 13.3 Å². The lowest BCUT2D eigenvalue weighted by atomic mass is 10.1. The molecular weight excluding hydrogens is 356 g/mol. The summed E-state index contributed by atoms with van der Waals surface area (Å²) in [5, 5.41) is 11.1. The molecule has 0 radical (unpaired) electrons. The monoisotopic (exact) mass is 376 g/mol. The molecule has 0 aliphatic carbocycles. The standard InChI is InChI=1S/C18H20N2O5S/c1-12-5-6-15(11-17(12)20(22)23)18(21)19(3)13(2)14-7-9-16(10-8-14)26(4,24)25/h5-11,13H,1-4H3/t13-/m1/s1. The highest BCUT2D eigenvalue weighted by molar-refractivity contribution is 7.90. The fraction of sp³-hybridized carbons (Fsp3) is 0.278. The number of hydrogen-bond acceptors (Lipinski definition) is 5. The molecular formula is C18H20N2O5S. The predicted octanol–water partition coefficient (Wildman–Crippen LogP) is 3.14. The summed E-state index contributed by atoms with van der Waals surface area (Å²) in [5.74, 6) is -0.354. The number of aryl methyl sites for hydroxylation is 1. The summed E-state index contributed by atoms with van der Waals surface area (Å²) in [5.41, 5.74) is 1.37. The van der Waals surface area contributed by atoms with Gasteiger partial charge in [-0.2, -0.15) is 0 Å². The molecule has 0 heterocycles. The molecule has 2 rings (SSSR count). The van der Waals surface area contributed by atoms with Gasteiger partial charge in [0.05, 0.1) is 15.9 Å². The maximum Gasteiger partial charge on any atom is 0.273 e. The first-order valence-corrected chi connectivity index (χ1v) is 9.73. The van der Waals surface area contributed by atoms with Crippen LogP contribution in [0.4, 0.5) is 5.69 Å². The Labute approximate surface area is 152 Å². The zero-order chi connectivity index (χ0) is 19.6.